The molecule has 0 aliphatic heterocycles. The van der Waals surface area contributed by atoms with Crippen LogP contribution in [0.3, 0.4) is 0 Å². The molecule has 4 heteroatoms. The number of hydrogen-bond donors (Lipinski definition) is 0. The van der Waals surface area contributed by atoms with Gasteiger partial charge in [0.15, 0.2) is 5.58 Å². The fraction of sp³-hybridized carbons (Fsp3) is 0.104. The van der Waals surface area contributed by atoms with Crippen molar-refractivity contribution in [3.05, 3.63) is 252 Å². The topological polar surface area (TPSA) is 32.8 Å². The Morgan fingerprint density at radius 2 is 0.761 bits per heavy atom. The van der Waals surface area contributed by atoms with Crippen molar-refractivity contribution < 1.29 is 8.83 Å². The second-order valence-corrected chi connectivity index (χ2v) is 19.9. The molecular formula is C67H50N2O2. The number of hydrogen-bond acceptors (Lipinski definition) is 4. The number of fused-ring (bicyclic) bond motifs is 18. The van der Waals surface area contributed by atoms with Crippen molar-refractivity contribution >= 4 is 78.0 Å². The van der Waals surface area contributed by atoms with Gasteiger partial charge in [-0.1, -0.05) is 173 Å². The van der Waals surface area contributed by atoms with Crippen LogP contribution in [0.1, 0.15) is 72.9 Å². The number of nitrogens with zero attached hydrogens (tertiary/aromatic N) is 2. The summed E-state index contributed by atoms with van der Waals surface area (Å²) in [7, 11) is 0. The van der Waals surface area contributed by atoms with Gasteiger partial charge in [-0.2, -0.15) is 0 Å². The Bertz CT molecular complexity index is 4000. The van der Waals surface area contributed by atoms with Gasteiger partial charge in [0, 0.05) is 50.0 Å². The Balaban J connectivity index is 1.19. The number of furan rings is 2. The number of rotatable bonds is 8. The molecule has 0 N–H and O–H groups in total. The normalized spacial score (nSPS) is 13.2. The lowest BCUT2D eigenvalue weighted by atomic mass is 9.70. The summed E-state index contributed by atoms with van der Waals surface area (Å²) in [6, 6.07) is 80.1. The third-order valence-corrected chi connectivity index (χ3v) is 15.4. The van der Waals surface area contributed by atoms with E-state index >= 15 is 0 Å². The average molecular weight is 915 g/mol. The van der Waals surface area contributed by atoms with E-state index < -0.39 is 5.41 Å². The summed E-state index contributed by atoms with van der Waals surface area (Å²) in [5.74, 6) is 0.798. The first-order valence-electron chi connectivity index (χ1n) is 25.0. The largest absolute Gasteiger partial charge is 0.455 e. The van der Waals surface area contributed by atoms with Gasteiger partial charge in [-0.05, 0) is 129 Å². The molecule has 14 rings (SSSR count). The highest BCUT2D eigenvalue weighted by molar-refractivity contribution is 6.26. The summed E-state index contributed by atoms with van der Waals surface area (Å²) in [6.45, 7) is 9.02. The van der Waals surface area contributed by atoms with Crippen LogP contribution in [-0.4, -0.2) is 0 Å². The van der Waals surface area contributed by atoms with Crippen molar-refractivity contribution in [3.8, 4) is 22.3 Å². The molecule has 0 fully saturated rings. The second kappa shape index (κ2) is 15.7. The number of para-hydroxylation sites is 4. The maximum Gasteiger partial charge on any atom is 0.160 e. The Labute approximate surface area is 413 Å². The molecule has 2 aliphatic rings. The first-order chi connectivity index (χ1) is 34.9. The Hall–Kier alpha value is -8.60. The van der Waals surface area contributed by atoms with Gasteiger partial charge in [0.05, 0.1) is 22.2 Å². The van der Waals surface area contributed by atoms with Crippen molar-refractivity contribution in [2.75, 3.05) is 9.80 Å². The van der Waals surface area contributed by atoms with E-state index in [0.29, 0.717) is 11.8 Å². The van der Waals surface area contributed by atoms with Crippen LogP contribution >= 0.6 is 0 Å². The molecule has 10 aromatic carbocycles. The van der Waals surface area contributed by atoms with E-state index in [1.54, 1.807) is 0 Å². The predicted molar refractivity (Wildman–Crippen MR) is 295 cm³/mol. The van der Waals surface area contributed by atoms with Crippen LogP contribution in [0, 0.1) is 0 Å². The fourth-order valence-electron chi connectivity index (χ4n) is 12.2. The molecule has 1 spiro atoms. The monoisotopic (exact) mass is 914 g/mol. The van der Waals surface area contributed by atoms with Crippen LogP contribution in [0.25, 0.3) is 66.1 Å². The highest BCUT2D eigenvalue weighted by atomic mass is 16.3. The summed E-state index contributed by atoms with van der Waals surface area (Å²) < 4.78 is 14.8. The molecule has 2 aliphatic carbocycles. The average Bonchev–Trinajstić information content (AvgIpc) is 4.16. The lowest BCUT2D eigenvalue weighted by Gasteiger charge is -2.33. The fourth-order valence-corrected chi connectivity index (χ4v) is 12.2. The van der Waals surface area contributed by atoms with Gasteiger partial charge < -0.3 is 18.6 Å². The van der Waals surface area contributed by atoms with E-state index in [4.69, 9.17) is 8.83 Å². The molecule has 2 aromatic heterocycles. The molecule has 0 saturated heterocycles. The van der Waals surface area contributed by atoms with E-state index in [2.05, 4.69) is 256 Å². The van der Waals surface area contributed by atoms with Gasteiger partial charge in [0.2, 0.25) is 0 Å². The van der Waals surface area contributed by atoms with Crippen LogP contribution in [-0.2, 0) is 5.41 Å². The number of anilines is 6. The van der Waals surface area contributed by atoms with Crippen molar-refractivity contribution in [2.45, 2.75) is 44.9 Å². The number of benzene rings is 10. The van der Waals surface area contributed by atoms with Crippen LogP contribution in [0.4, 0.5) is 34.1 Å². The van der Waals surface area contributed by atoms with E-state index in [9.17, 15) is 0 Å². The quantitative estimate of drug-likeness (QED) is 0.152. The third kappa shape index (κ3) is 5.91. The first-order valence-corrected chi connectivity index (χ1v) is 25.0. The first kappa shape index (κ1) is 41.4. The van der Waals surface area contributed by atoms with Crippen LogP contribution < -0.4 is 9.80 Å². The maximum absolute atomic E-state index is 7.46. The molecule has 0 unspecified atom stereocenters. The van der Waals surface area contributed by atoms with Gasteiger partial charge in [0.25, 0.3) is 0 Å². The van der Waals surface area contributed by atoms with Crippen molar-refractivity contribution in [1.82, 2.24) is 0 Å². The van der Waals surface area contributed by atoms with E-state index in [1.165, 1.54) is 44.5 Å². The second-order valence-electron chi connectivity index (χ2n) is 19.9. The zero-order valence-electron chi connectivity index (χ0n) is 40.2. The highest BCUT2D eigenvalue weighted by Crippen LogP contribution is 2.68. The van der Waals surface area contributed by atoms with E-state index in [-0.39, 0.29) is 0 Å². The molecule has 0 bridgehead atoms. The molecule has 0 atom stereocenters. The molecule has 0 saturated carbocycles. The molecule has 0 radical (unpaired) electrons. The lowest BCUT2D eigenvalue weighted by molar-refractivity contribution is 0.668. The summed E-state index contributed by atoms with van der Waals surface area (Å²) in [4.78, 5) is 4.85. The Kier molecular flexibility index (Phi) is 9.16. The summed E-state index contributed by atoms with van der Waals surface area (Å²) in [6.07, 6.45) is 0. The van der Waals surface area contributed by atoms with Crippen molar-refractivity contribution in [2.24, 2.45) is 0 Å². The van der Waals surface area contributed by atoms with Gasteiger partial charge in [-0.3, -0.25) is 0 Å². The minimum Gasteiger partial charge on any atom is -0.455 e. The summed E-state index contributed by atoms with van der Waals surface area (Å²) >= 11 is 0. The minimum atomic E-state index is -0.769. The SMILES string of the molecule is CC(C)c1ccc(N(c2ccccc2)c2cc3c(c4c2oc2ccccc24)-c2c(cc(N(c4ccccc4)c4ccc(C(C)C)cc4)c4c2oc2ccccc24)C32c3ccccc3-c3ccccc32)cc1. The molecule has 340 valence electrons. The van der Waals surface area contributed by atoms with Gasteiger partial charge in [-0.15, -0.1) is 0 Å². The van der Waals surface area contributed by atoms with Gasteiger partial charge in [-0.25, -0.2) is 0 Å². The standard InChI is InChI=1S/C67H50N2O2/c1-41(2)43-31-35-47(36-32-43)68(45-19-7-5-8-20-45)57-39-56-64(66-61(57)51-25-13-17-29-59(51)71-66)63-55(67(56)53-27-15-11-23-49(53)50-24-12-16-28-54(50)67)40-58(65-62(63)52-26-14-18-30-60(52)70-65)69(46-21-9-6-10-22-46)48-37-33-44(34-38-48)42(3)4/h5-42H,1-4H3. The molecule has 71 heavy (non-hydrogen) atoms. The van der Waals surface area contributed by atoms with E-state index in [0.717, 1.165) is 89.1 Å². The van der Waals surface area contributed by atoms with Gasteiger partial charge >= 0.3 is 0 Å². The molecule has 4 nitrogen and oxygen atoms in total. The third-order valence-electron chi connectivity index (χ3n) is 15.4. The lowest BCUT2D eigenvalue weighted by Crippen LogP contribution is -2.26. The minimum absolute atomic E-state index is 0.398. The predicted octanol–water partition coefficient (Wildman–Crippen LogP) is 19.0. The van der Waals surface area contributed by atoms with Crippen molar-refractivity contribution in [1.29, 1.82) is 0 Å². The Morgan fingerprint density at radius 1 is 0.352 bits per heavy atom. The van der Waals surface area contributed by atoms with Crippen LogP contribution in [0.5, 0.6) is 0 Å². The zero-order valence-corrected chi connectivity index (χ0v) is 40.2. The Morgan fingerprint density at radius 3 is 1.30 bits per heavy atom. The smallest absolute Gasteiger partial charge is 0.160 e. The highest BCUT2D eigenvalue weighted by Gasteiger charge is 2.54. The molecular weight excluding hydrogens is 865 g/mol. The van der Waals surface area contributed by atoms with Crippen LogP contribution in [0.2, 0.25) is 0 Å². The zero-order chi connectivity index (χ0) is 47.5. The summed E-state index contributed by atoms with van der Waals surface area (Å²) in [5.41, 5.74) is 21.1. The van der Waals surface area contributed by atoms with E-state index in [1.807, 2.05) is 0 Å². The molecule has 2 heterocycles. The molecule has 12 aromatic rings. The van der Waals surface area contributed by atoms with Crippen molar-refractivity contribution in [3.63, 3.8) is 0 Å². The molecule has 0 amide bonds. The summed E-state index contributed by atoms with van der Waals surface area (Å²) in [5, 5.41) is 4.28. The van der Waals surface area contributed by atoms with Gasteiger partial charge in [0.1, 0.15) is 16.7 Å². The maximum atomic E-state index is 7.46. The van der Waals surface area contributed by atoms with Crippen LogP contribution in [0.15, 0.2) is 227 Å².